The smallest absolute Gasteiger partial charge is 0.408 e. The first-order valence-corrected chi connectivity index (χ1v) is 20.8. The topological polar surface area (TPSA) is 120 Å². The van der Waals surface area contributed by atoms with E-state index in [9.17, 15) is 23.1 Å². The number of piperazine rings is 1. The van der Waals surface area contributed by atoms with Gasteiger partial charge in [0.2, 0.25) is 12.0 Å². The maximum absolute atomic E-state index is 13.1. The molecule has 1 saturated heterocycles. The van der Waals surface area contributed by atoms with Crippen molar-refractivity contribution < 1.29 is 37.3 Å². The Bertz CT molecular complexity index is 2690. The fraction of sp³-hybridized carbons (Fsp3) is 0.318. The highest BCUT2D eigenvalue weighted by Crippen LogP contribution is 2.46. The summed E-state index contributed by atoms with van der Waals surface area (Å²) in [6.45, 7) is 5.65. The summed E-state index contributed by atoms with van der Waals surface area (Å²) >= 11 is 8.24. The number of carboxylic acid groups (broad SMARTS) is 1. The van der Waals surface area contributed by atoms with E-state index in [0.29, 0.717) is 50.0 Å². The molecule has 12 nitrogen and oxygen atoms in total. The molecule has 4 aromatic heterocycles. The van der Waals surface area contributed by atoms with Crippen molar-refractivity contribution in [2.24, 2.45) is 7.05 Å². The SMILES string of the molecule is Cc1c(-c2c(-c3ccc4c(ccn4C)c3)ncc3snc(O[C@H](Cc4ccccc4OCc4ccnn4CC(F)(F)F)C(=O)O)c23)ccc(OCCN2CCN(C)CC2)c1Cl. The molecule has 0 saturated carbocycles. The highest BCUT2D eigenvalue weighted by Gasteiger charge is 2.30. The van der Waals surface area contributed by atoms with Gasteiger partial charge in [-0.15, -0.1) is 0 Å². The molecule has 1 aliphatic heterocycles. The highest BCUT2D eigenvalue weighted by atomic mass is 35.5. The van der Waals surface area contributed by atoms with Crippen LogP contribution in [0.4, 0.5) is 13.2 Å². The zero-order chi connectivity index (χ0) is 42.8. The van der Waals surface area contributed by atoms with Gasteiger partial charge < -0.3 is 28.8 Å². The largest absolute Gasteiger partial charge is 0.491 e. The number of fused-ring (bicyclic) bond motifs is 2. The minimum atomic E-state index is -4.47. The van der Waals surface area contributed by atoms with E-state index < -0.39 is 24.8 Å². The molecule has 1 fully saturated rings. The van der Waals surface area contributed by atoms with E-state index in [0.717, 1.165) is 76.5 Å². The normalized spacial score (nSPS) is 14.5. The standard InChI is InChI=1S/C44H43ClF3N7O5S/c1-27-32(9-11-35(40(27)45)58-21-20-54-18-16-52(2)17-19-54)38-39-37(24-49-41(38)30-8-10-33-28(22-30)13-15-53(33)3)61-51-42(39)60-36(43(56)57)23-29-6-4-5-7-34(29)59-25-31-12-14-50-55(31)26-44(46,47)48/h4-15,22,24,36H,16-21,23,25-26H2,1-3H3,(H,56,57)/t36-/m1/s1. The minimum absolute atomic E-state index is 0.101. The van der Waals surface area contributed by atoms with Gasteiger partial charge in [-0.3, -0.25) is 14.6 Å². The molecule has 8 rings (SSSR count). The molecule has 0 spiro atoms. The van der Waals surface area contributed by atoms with Crippen molar-refractivity contribution in [3.05, 3.63) is 107 Å². The number of likely N-dealkylation sites (N-methyl/N-ethyl adjacent to an activating group) is 1. The molecule has 0 bridgehead atoms. The van der Waals surface area contributed by atoms with E-state index in [4.69, 9.17) is 30.8 Å². The van der Waals surface area contributed by atoms with Gasteiger partial charge in [-0.25, -0.2) is 4.79 Å². The second kappa shape index (κ2) is 17.7. The summed E-state index contributed by atoms with van der Waals surface area (Å²) in [6.07, 6.45) is -1.07. The van der Waals surface area contributed by atoms with Crippen molar-refractivity contribution in [2.75, 3.05) is 46.4 Å². The summed E-state index contributed by atoms with van der Waals surface area (Å²) in [7, 11) is 4.11. The third kappa shape index (κ3) is 9.32. The first-order chi connectivity index (χ1) is 29.3. The predicted molar refractivity (Wildman–Crippen MR) is 229 cm³/mol. The van der Waals surface area contributed by atoms with Gasteiger partial charge in [-0.2, -0.15) is 22.6 Å². The second-order valence-corrected chi connectivity index (χ2v) is 16.3. The molecule has 7 aromatic rings. The van der Waals surface area contributed by atoms with Gasteiger partial charge in [0.15, 0.2) is 0 Å². The van der Waals surface area contributed by atoms with Crippen molar-refractivity contribution in [1.82, 2.24) is 33.5 Å². The summed E-state index contributed by atoms with van der Waals surface area (Å²) < 4.78 is 66.2. The molecule has 17 heteroatoms. The van der Waals surface area contributed by atoms with Crippen LogP contribution in [0.25, 0.3) is 43.4 Å². The van der Waals surface area contributed by atoms with E-state index in [1.807, 2.05) is 55.1 Å². The number of halogens is 4. The molecule has 61 heavy (non-hydrogen) atoms. The van der Waals surface area contributed by atoms with Crippen LogP contribution in [0.1, 0.15) is 16.8 Å². The second-order valence-electron chi connectivity index (χ2n) is 15.1. The Hall–Kier alpha value is -5.68. The number of para-hydroxylation sites is 1. The highest BCUT2D eigenvalue weighted by molar-refractivity contribution is 7.13. The van der Waals surface area contributed by atoms with Gasteiger partial charge in [0.05, 0.1) is 26.5 Å². The first kappa shape index (κ1) is 42.0. The maximum Gasteiger partial charge on any atom is 0.408 e. The lowest BCUT2D eigenvalue weighted by atomic mass is 9.93. The molecule has 318 valence electrons. The van der Waals surface area contributed by atoms with Gasteiger partial charge in [0, 0.05) is 86.8 Å². The number of rotatable bonds is 15. The Morgan fingerprint density at radius 1 is 1.00 bits per heavy atom. The fourth-order valence-corrected chi connectivity index (χ4v) is 8.49. The lowest BCUT2D eigenvalue weighted by molar-refractivity contribution is -0.145. The van der Waals surface area contributed by atoms with Gasteiger partial charge in [0.1, 0.15) is 31.3 Å². The Morgan fingerprint density at radius 3 is 2.59 bits per heavy atom. The van der Waals surface area contributed by atoms with E-state index >= 15 is 0 Å². The third-order valence-electron chi connectivity index (χ3n) is 10.9. The molecule has 5 heterocycles. The molecule has 1 N–H and O–H groups in total. The number of carbonyl (C=O) groups is 1. The quantitative estimate of drug-likeness (QED) is 0.107. The zero-order valence-corrected chi connectivity index (χ0v) is 35.2. The van der Waals surface area contributed by atoms with Crippen LogP contribution in [0.5, 0.6) is 17.4 Å². The number of carboxylic acids is 1. The first-order valence-electron chi connectivity index (χ1n) is 19.7. The number of hydrogen-bond donors (Lipinski definition) is 1. The number of aromatic nitrogens is 5. The van der Waals surface area contributed by atoms with Crippen molar-refractivity contribution in [2.45, 2.75) is 38.8 Å². The molecule has 0 aliphatic carbocycles. The van der Waals surface area contributed by atoms with Crippen molar-refractivity contribution >= 4 is 50.1 Å². The Kier molecular flexibility index (Phi) is 12.2. The molecule has 0 unspecified atom stereocenters. The predicted octanol–water partition coefficient (Wildman–Crippen LogP) is 8.52. The fourth-order valence-electron chi connectivity index (χ4n) is 7.57. The van der Waals surface area contributed by atoms with Crippen molar-refractivity contribution in [3.63, 3.8) is 0 Å². The van der Waals surface area contributed by atoms with Crippen LogP contribution >= 0.6 is 23.1 Å². The molecule has 1 aliphatic rings. The number of alkyl halides is 3. The summed E-state index contributed by atoms with van der Waals surface area (Å²) in [5.74, 6) is -0.299. The monoisotopic (exact) mass is 873 g/mol. The van der Waals surface area contributed by atoms with Crippen LogP contribution in [0.15, 0.2) is 85.3 Å². The van der Waals surface area contributed by atoms with Crippen LogP contribution in [0.3, 0.4) is 0 Å². The summed E-state index contributed by atoms with van der Waals surface area (Å²) in [5.41, 5.74) is 5.34. The molecule has 1 atom stereocenters. The summed E-state index contributed by atoms with van der Waals surface area (Å²) in [4.78, 5) is 22.6. The van der Waals surface area contributed by atoms with Crippen molar-refractivity contribution in [3.8, 4) is 39.8 Å². The Morgan fingerprint density at radius 2 is 1.80 bits per heavy atom. The summed E-state index contributed by atoms with van der Waals surface area (Å²) in [5, 5.41) is 16.4. The number of benzene rings is 3. The van der Waals surface area contributed by atoms with Crippen LogP contribution < -0.4 is 14.2 Å². The maximum atomic E-state index is 13.1. The Balaban J connectivity index is 1.13. The number of aryl methyl sites for hydroxylation is 1. The summed E-state index contributed by atoms with van der Waals surface area (Å²) in [6, 6.07) is 20.1. The number of pyridine rings is 1. The average Bonchev–Trinajstić information content (AvgIpc) is 3.96. The lowest BCUT2D eigenvalue weighted by Gasteiger charge is -2.32. The minimum Gasteiger partial charge on any atom is -0.491 e. The molecule has 3 aromatic carbocycles. The van der Waals surface area contributed by atoms with E-state index in [-0.39, 0.29) is 24.6 Å². The molecular weight excluding hydrogens is 831 g/mol. The van der Waals surface area contributed by atoms with E-state index in [2.05, 4.69) is 32.4 Å². The van der Waals surface area contributed by atoms with Crippen LogP contribution in [-0.4, -0.2) is 103 Å². The molecule has 0 radical (unpaired) electrons. The van der Waals surface area contributed by atoms with Gasteiger partial charge in [-0.1, -0.05) is 41.9 Å². The number of aliphatic carboxylic acids is 1. The van der Waals surface area contributed by atoms with Gasteiger partial charge >= 0.3 is 12.1 Å². The average molecular weight is 874 g/mol. The number of ether oxygens (including phenoxy) is 3. The van der Waals surface area contributed by atoms with Gasteiger partial charge in [0.25, 0.3) is 0 Å². The number of nitrogens with zero attached hydrogens (tertiary/aromatic N) is 7. The van der Waals surface area contributed by atoms with Crippen LogP contribution in [-0.2, 0) is 31.4 Å². The number of hydrogen-bond acceptors (Lipinski definition) is 10. The zero-order valence-electron chi connectivity index (χ0n) is 33.7. The lowest BCUT2D eigenvalue weighted by Crippen LogP contribution is -2.45. The Labute approximate surface area is 358 Å². The van der Waals surface area contributed by atoms with Crippen molar-refractivity contribution in [1.29, 1.82) is 0 Å². The van der Waals surface area contributed by atoms with E-state index in [1.165, 1.54) is 12.3 Å². The molecule has 0 amide bonds. The van der Waals surface area contributed by atoms with Crippen LogP contribution in [0, 0.1) is 6.92 Å². The van der Waals surface area contributed by atoms with E-state index in [1.54, 1.807) is 30.5 Å². The third-order valence-corrected chi connectivity index (χ3v) is 12.2. The van der Waals surface area contributed by atoms with Crippen LogP contribution in [0.2, 0.25) is 5.02 Å². The van der Waals surface area contributed by atoms with Gasteiger partial charge in [-0.05, 0) is 78.6 Å². The molecular formula is C44H43ClF3N7O5S.